The largest absolute Gasteiger partial charge is 0.255 e. The molecule has 0 saturated heterocycles. The highest BCUT2D eigenvalue weighted by atomic mass is 15.0. The van der Waals surface area contributed by atoms with E-state index in [4.69, 9.17) is 24.9 Å². The van der Waals surface area contributed by atoms with Crippen LogP contribution in [0.15, 0.2) is 158 Å². The Labute approximate surface area is 276 Å². The Morgan fingerprint density at radius 2 is 0.854 bits per heavy atom. The second kappa shape index (κ2) is 11.6. The molecule has 0 radical (unpaired) electrons. The maximum Gasteiger partial charge on any atom is 0.166 e. The van der Waals surface area contributed by atoms with E-state index in [9.17, 15) is 0 Å². The highest BCUT2D eigenvalue weighted by molar-refractivity contribution is 6.03. The summed E-state index contributed by atoms with van der Waals surface area (Å²) in [5.74, 6) is 1.73. The Balaban J connectivity index is 1.21. The van der Waals surface area contributed by atoms with Gasteiger partial charge in [-0.2, -0.15) is 0 Å². The number of pyridine rings is 3. The van der Waals surface area contributed by atoms with Gasteiger partial charge in [-0.25, -0.2) is 19.9 Å². The molecule has 0 atom stereocenters. The molecule has 9 rings (SSSR count). The number of hydrogen-bond donors (Lipinski definition) is 0. The van der Waals surface area contributed by atoms with Crippen molar-refractivity contribution >= 4 is 32.7 Å². The minimum atomic E-state index is 0.566. The first-order chi connectivity index (χ1) is 23.8. The summed E-state index contributed by atoms with van der Waals surface area (Å²) in [6.07, 6.45) is 3.62. The molecule has 0 spiro atoms. The van der Waals surface area contributed by atoms with Gasteiger partial charge in [0, 0.05) is 50.8 Å². The summed E-state index contributed by atoms with van der Waals surface area (Å²) in [7, 11) is 0. The Hall–Kier alpha value is -6.66. The zero-order valence-electron chi connectivity index (χ0n) is 25.7. The van der Waals surface area contributed by atoms with Crippen LogP contribution in [0.5, 0.6) is 0 Å². The van der Waals surface area contributed by atoms with E-state index in [1.807, 2.05) is 72.9 Å². The third-order valence-corrected chi connectivity index (χ3v) is 8.59. The Kier molecular flexibility index (Phi) is 6.68. The van der Waals surface area contributed by atoms with Gasteiger partial charge in [0.25, 0.3) is 0 Å². The lowest BCUT2D eigenvalue weighted by molar-refractivity contribution is 1.07. The Bertz CT molecular complexity index is 2630. The van der Waals surface area contributed by atoms with Gasteiger partial charge in [0.15, 0.2) is 17.5 Å². The van der Waals surface area contributed by atoms with E-state index in [0.29, 0.717) is 17.5 Å². The molecule has 9 aromatic rings. The summed E-state index contributed by atoms with van der Waals surface area (Å²) in [4.78, 5) is 29.6. The van der Waals surface area contributed by atoms with Crippen LogP contribution in [0.3, 0.4) is 0 Å². The minimum Gasteiger partial charge on any atom is -0.255 e. The van der Waals surface area contributed by atoms with Gasteiger partial charge in [-0.15, -0.1) is 0 Å². The quantitative estimate of drug-likeness (QED) is 0.180. The van der Waals surface area contributed by atoms with Crippen molar-refractivity contribution in [2.24, 2.45) is 0 Å². The molecule has 6 heteroatoms. The van der Waals surface area contributed by atoms with Crippen molar-refractivity contribution in [1.82, 2.24) is 29.9 Å². The van der Waals surface area contributed by atoms with Crippen LogP contribution in [-0.2, 0) is 0 Å². The molecule has 0 N–H and O–H groups in total. The van der Waals surface area contributed by atoms with Crippen molar-refractivity contribution in [2.45, 2.75) is 0 Å². The first-order valence-corrected chi connectivity index (χ1v) is 15.8. The van der Waals surface area contributed by atoms with E-state index in [2.05, 4.69) is 83.8 Å². The molecule has 4 aromatic heterocycles. The highest BCUT2D eigenvalue weighted by Crippen LogP contribution is 2.32. The highest BCUT2D eigenvalue weighted by Gasteiger charge is 2.16. The summed E-state index contributed by atoms with van der Waals surface area (Å²) in [5, 5.41) is 3.14. The number of para-hydroxylation sites is 1. The Morgan fingerprint density at radius 1 is 0.312 bits per heavy atom. The molecule has 0 aliphatic heterocycles. The predicted molar refractivity (Wildman–Crippen MR) is 193 cm³/mol. The van der Waals surface area contributed by atoms with Gasteiger partial charge in [0.05, 0.1) is 22.2 Å². The van der Waals surface area contributed by atoms with Gasteiger partial charge in [-0.1, -0.05) is 109 Å². The van der Waals surface area contributed by atoms with Crippen LogP contribution in [-0.4, -0.2) is 29.9 Å². The third kappa shape index (κ3) is 5.02. The zero-order valence-corrected chi connectivity index (χ0v) is 25.7. The van der Waals surface area contributed by atoms with Crippen molar-refractivity contribution in [1.29, 1.82) is 0 Å². The van der Waals surface area contributed by atoms with Gasteiger partial charge in [0.1, 0.15) is 0 Å². The average Bonchev–Trinajstić information content (AvgIpc) is 3.17. The summed E-state index contributed by atoms with van der Waals surface area (Å²) < 4.78 is 0. The van der Waals surface area contributed by atoms with Crippen LogP contribution in [0.1, 0.15) is 0 Å². The third-order valence-electron chi connectivity index (χ3n) is 8.59. The molecule has 0 saturated carbocycles. The van der Waals surface area contributed by atoms with Gasteiger partial charge >= 0.3 is 0 Å². The maximum absolute atomic E-state index is 5.09. The van der Waals surface area contributed by atoms with Crippen molar-refractivity contribution in [3.8, 4) is 56.5 Å². The molecule has 0 fully saturated rings. The van der Waals surface area contributed by atoms with Crippen LogP contribution in [0.4, 0.5) is 0 Å². The lowest BCUT2D eigenvalue weighted by Crippen LogP contribution is -2.01. The lowest BCUT2D eigenvalue weighted by atomic mass is 10.0. The maximum atomic E-state index is 5.09. The number of benzene rings is 5. The molecule has 6 nitrogen and oxygen atoms in total. The fourth-order valence-corrected chi connectivity index (χ4v) is 6.21. The fraction of sp³-hybridized carbons (Fsp3) is 0. The lowest BCUT2D eigenvalue weighted by Gasteiger charge is -2.11. The van der Waals surface area contributed by atoms with Crippen LogP contribution in [0, 0.1) is 0 Å². The van der Waals surface area contributed by atoms with Crippen LogP contribution >= 0.6 is 0 Å². The van der Waals surface area contributed by atoms with Gasteiger partial charge in [0.2, 0.25) is 0 Å². The molecule has 0 aliphatic carbocycles. The predicted octanol–water partition coefficient (Wildman–Crippen LogP) is 9.85. The van der Waals surface area contributed by atoms with Crippen LogP contribution in [0.25, 0.3) is 89.3 Å². The second-order valence-corrected chi connectivity index (χ2v) is 11.6. The molecule has 0 aliphatic rings. The first kappa shape index (κ1) is 27.6. The molecule has 0 unspecified atom stereocenters. The summed E-state index contributed by atoms with van der Waals surface area (Å²) >= 11 is 0. The standard InChI is InChI=1S/C42H26N6/c1-2-9-27(10-3-1)31-12-4-14-33(25-31)40-46-41(48-42(47-40)35-18-6-11-28-16-7-23-43-37(28)35)34-15-5-13-32(26-34)36-22-21-30-20-19-29-17-8-24-44-38(29)39(30)45-36/h1-26H. The van der Waals surface area contributed by atoms with Crippen molar-refractivity contribution in [2.75, 3.05) is 0 Å². The molecule has 5 aromatic carbocycles. The Morgan fingerprint density at radius 3 is 1.62 bits per heavy atom. The van der Waals surface area contributed by atoms with Gasteiger partial charge in [-0.3, -0.25) is 9.97 Å². The molecule has 4 heterocycles. The molecule has 0 amide bonds. The molecular formula is C42H26N6. The van der Waals surface area contributed by atoms with Crippen molar-refractivity contribution in [3.05, 3.63) is 158 Å². The first-order valence-electron chi connectivity index (χ1n) is 15.8. The monoisotopic (exact) mass is 614 g/mol. The number of nitrogens with zero attached hydrogens (tertiary/aromatic N) is 6. The van der Waals surface area contributed by atoms with E-state index >= 15 is 0 Å². The normalized spacial score (nSPS) is 11.3. The molecule has 0 bridgehead atoms. The molecule has 48 heavy (non-hydrogen) atoms. The van der Waals surface area contributed by atoms with E-state index in [1.54, 1.807) is 6.20 Å². The SMILES string of the molecule is c1ccc(-c2cccc(-c3nc(-c4cccc(-c5ccc6ccc7cccnc7c6n5)c4)nc(-c4cccc5cccnc45)n3)c2)cc1. The van der Waals surface area contributed by atoms with Gasteiger partial charge in [-0.05, 0) is 47.5 Å². The zero-order chi connectivity index (χ0) is 31.9. The van der Waals surface area contributed by atoms with Crippen LogP contribution < -0.4 is 0 Å². The number of hydrogen-bond acceptors (Lipinski definition) is 6. The number of rotatable bonds is 5. The van der Waals surface area contributed by atoms with E-state index in [-0.39, 0.29) is 0 Å². The summed E-state index contributed by atoms with van der Waals surface area (Å²) in [5.41, 5.74) is 9.27. The summed E-state index contributed by atoms with van der Waals surface area (Å²) in [6.45, 7) is 0. The van der Waals surface area contributed by atoms with E-state index in [1.165, 1.54) is 0 Å². The fourth-order valence-electron chi connectivity index (χ4n) is 6.21. The average molecular weight is 615 g/mol. The topological polar surface area (TPSA) is 77.3 Å². The van der Waals surface area contributed by atoms with Crippen LogP contribution in [0.2, 0.25) is 0 Å². The van der Waals surface area contributed by atoms with E-state index in [0.717, 1.165) is 71.8 Å². The smallest absolute Gasteiger partial charge is 0.166 e. The van der Waals surface area contributed by atoms with Crippen molar-refractivity contribution < 1.29 is 0 Å². The van der Waals surface area contributed by atoms with Gasteiger partial charge < -0.3 is 0 Å². The summed E-state index contributed by atoms with van der Waals surface area (Å²) in [6, 6.07) is 49.3. The number of aromatic nitrogens is 6. The van der Waals surface area contributed by atoms with Crippen molar-refractivity contribution in [3.63, 3.8) is 0 Å². The molecular weight excluding hydrogens is 589 g/mol. The molecule has 224 valence electrons. The second-order valence-electron chi connectivity index (χ2n) is 11.6. The minimum absolute atomic E-state index is 0.566. The van der Waals surface area contributed by atoms with E-state index < -0.39 is 0 Å². The number of fused-ring (bicyclic) bond motifs is 4.